The highest BCUT2D eigenvalue weighted by Gasteiger charge is 2.69. The molecule has 8 heteroatoms. The Labute approximate surface area is 167 Å². The number of hydrogen-bond acceptors (Lipinski definition) is 7. The van der Waals surface area contributed by atoms with Crippen LogP contribution in [-0.4, -0.2) is 77.9 Å². The number of rotatable bonds is 3. The molecule has 3 rings (SSSR count). The smallest absolute Gasteiger partial charge is 0.410 e. The summed E-state index contributed by atoms with van der Waals surface area (Å²) in [6.45, 7) is 11.1. The molecular weight excluding hydrogens is 366 g/mol. The van der Waals surface area contributed by atoms with Crippen molar-refractivity contribution >= 4 is 6.09 Å². The quantitative estimate of drug-likeness (QED) is 0.776. The van der Waals surface area contributed by atoms with Crippen LogP contribution in [0.15, 0.2) is 0 Å². The Morgan fingerprint density at radius 2 is 1.68 bits per heavy atom. The normalized spacial score (nSPS) is 40.8. The maximum absolute atomic E-state index is 13.0. The fraction of sp³-hybridized carbons (Fsp3) is 0.950. The van der Waals surface area contributed by atoms with Crippen LogP contribution in [0.4, 0.5) is 4.79 Å². The lowest BCUT2D eigenvalue weighted by Crippen LogP contribution is -2.74. The van der Waals surface area contributed by atoms with Crippen LogP contribution in [0.2, 0.25) is 0 Å². The average molecular weight is 402 g/mol. The molecule has 28 heavy (non-hydrogen) atoms. The molecule has 2 saturated heterocycles. The van der Waals surface area contributed by atoms with E-state index in [2.05, 4.69) is 0 Å². The average Bonchev–Trinajstić information content (AvgIpc) is 3.34. The Balaban J connectivity index is 1.96. The molecular formula is C20H35NO7. The number of piperidine rings is 1. The van der Waals surface area contributed by atoms with Crippen molar-refractivity contribution in [2.75, 3.05) is 20.8 Å². The van der Waals surface area contributed by atoms with Gasteiger partial charge in [0.25, 0.3) is 0 Å². The molecule has 0 aromatic carbocycles. The van der Waals surface area contributed by atoms with E-state index < -0.39 is 47.1 Å². The van der Waals surface area contributed by atoms with Crippen molar-refractivity contribution < 1.29 is 33.6 Å². The summed E-state index contributed by atoms with van der Waals surface area (Å²) in [4.78, 5) is 14.7. The third-order valence-electron chi connectivity index (χ3n) is 6.48. The highest BCUT2D eigenvalue weighted by Crippen LogP contribution is 2.57. The van der Waals surface area contributed by atoms with Crippen molar-refractivity contribution in [3.8, 4) is 0 Å². The topological polar surface area (TPSA) is 86.7 Å². The summed E-state index contributed by atoms with van der Waals surface area (Å²) in [6, 6.07) is 0. The fourth-order valence-corrected chi connectivity index (χ4v) is 4.69. The van der Waals surface area contributed by atoms with Crippen molar-refractivity contribution in [1.82, 2.24) is 4.90 Å². The van der Waals surface area contributed by atoms with E-state index in [9.17, 15) is 9.90 Å². The molecule has 3 fully saturated rings. The van der Waals surface area contributed by atoms with E-state index in [0.29, 0.717) is 6.54 Å². The summed E-state index contributed by atoms with van der Waals surface area (Å²) in [5.41, 5.74) is -1.10. The molecule has 2 unspecified atom stereocenters. The van der Waals surface area contributed by atoms with Crippen molar-refractivity contribution in [3.05, 3.63) is 0 Å². The molecule has 2 heterocycles. The standard InChI is InChI=1S/C20H35NO7/c1-12(22)14-15-13(26-18(5,24-7)19(6,25-8)27-15)11-21(20(14)9-10-20)16(23)28-17(2,3)4/h12-15,22H,9-11H2,1-8H3/t12?,13-,14-,15+,18+,19?/m1/s1. The predicted molar refractivity (Wildman–Crippen MR) is 101 cm³/mol. The van der Waals surface area contributed by atoms with E-state index in [0.717, 1.165) is 12.8 Å². The molecule has 162 valence electrons. The minimum absolute atomic E-state index is 0.307. The molecule has 0 radical (unpaired) electrons. The zero-order valence-electron chi connectivity index (χ0n) is 18.3. The number of amides is 1. The molecule has 1 aliphatic carbocycles. The van der Waals surface area contributed by atoms with Gasteiger partial charge in [0, 0.05) is 20.1 Å². The first-order chi connectivity index (χ1) is 12.8. The summed E-state index contributed by atoms with van der Waals surface area (Å²) in [7, 11) is 3.07. The predicted octanol–water partition coefficient (Wildman–Crippen LogP) is 2.28. The summed E-state index contributed by atoms with van der Waals surface area (Å²) >= 11 is 0. The lowest BCUT2D eigenvalue weighted by Gasteiger charge is -2.59. The first-order valence-electron chi connectivity index (χ1n) is 9.97. The van der Waals surface area contributed by atoms with Gasteiger partial charge in [-0.15, -0.1) is 0 Å². The number of carbonyl (C=O) groups is 1. The van der Waals surface area contributed by atoms with Crippen molar-refractivity contribution in [2.45, 2.75) is 95.4 Å². The highest BCUT2D eigenvalue weighted by molar-refractivity contribution is 5.70. The van der Waals surface area contributed by atoms with E-state index in [1.807, 2.05) is 20.8 Å². The third-order valence-corrected chi connectivity index (χ3v) is 6.48. The van der Waals surface area contributed by atoms with Crippen LogP contribution in [0.5, 0.6) is 0 Å². The second-order valence-electron chi connectivity index (χ2n) is 9.50. The number of aliphatic hydroxyl groups excluding tert-OH is 1. The maximum Gasteiger partial charge on any atom is 0.410 e. The monoisotopic (exact) mass is 401 g/mol. The number of aliphatic hydroxyl groups is 1. The first-order valence-corrected chi connectivity index (χ1v) is 9.97. The van der Waals surface area contributed by atoms with E-state index in [-0.39, 0.29) is 5.92 Å². The lowest BCUT2D eigenvalue weighted by molar-refractivity contribution is -0.460. The van der Waals surface area contributed by atoms with Crippen molar-refractivity contribution in [1.29, 1.82) is 0 Å². The van der Waals surface area contributed by atoms with Crippen LogP contribution in [0.3, 0.4) is 0 Å². The van der Waals surface area contributed by atoms with Gasteiger partial charge in [0.2, 0.25) is 11.6 Å². The molecule has 0 bridgehead atoms. The van der Waals surface area contributed by atoms with Crippen molar-refractivity contribution in [2.24, 2.45) is 5.92 Å². The largest absolute Gasteiger partial charge is 0.444 e. The summed E-state index contributed by atoms with van der Waals surface area (Å²) in [5.74, 6) is -2.64. The number of ether oxygens (including phenoxy) is 5. The second kappa shape index (κ2) is 6.80. The molecule has 6 atom stereocenters. The molecule has 2 aliphatic heterocycles. The summed E-state index contributed by atoms with van der Waals surface area (Å²) in [5, 5.41) is 10.7. The van der Waals surface area contributed by atoms with Gasteiger partial charge < -0.3 is 28.8 Å². The van der Waals surface area contributed by atoms with E-state index >= 15 is 0 Å². The Morgan fingerprint density at radius 1 is 1.14 bits per heavy atom. The van der Waals surface area contributed by atoms with Gasteiger partial charge in [-0.05, 0) is 54.4 Å². The van der Waals surface area contributed by atoms with Crippen molar-refractivity contribution in [3.63, 3.8) is 0 Å². The minimum Gasteiger partial charge on any atom is -0.444 e. The first kappa shape index (κ1) is 21.8. The van der Waals surface area contributed by atoms with E-state index in [1.165, 1.54) is 7.11 Å². The summed E-state index contributed by atoms with van der Waals surface area (Å²) < 4.78 is 29.6. The molecule has 1 amide bonds. The van der Waals surface area contributed by atoms with Crippen LogP contribution in [0.25, 0.3) is 0 Å². The number of hydrogen-bond donors (Lipinski definition) is 1. The van der Waals surface area contributed by atoms with Crippen LogP contribution >= 0.6 is 0 Å². The van der Waals surface area contributed by atoms with Crippen LogP contribution in [-0.2, 0) is 23.7 Å². The Morgan fingerprint density at radius 3 is 2.11 bits per heavy atom. The Kier molecular flexibility index (Phi) is 5.29. The molecule has 0 aromatic heterocycles. The maximum atomic E-state index is 13.0. The van der Waals surface area contributed by atoms with Crippen LogP contribution in [0.1, 0.15) is 54.4 Å². The van der Waals surface area contributed by atoms with Gasteiger partial charge in [0.1, 0.15) is 11.7 Å². The van der Waals surface area contributed by atoms with Gasteiger partial charge >= 0.3 is 6.09 Å². The zero-order valence-corrected chi connectivity index (χ0v) is 18.3. The van der Waals surface area contributed by atoms with Crippen LogP contribution in [0, 0.1) is 5.92 Å². The Hall–Kier alpha value is -0.930. The lowest BCUT2D eigenvalue weighted by atomic mass is 9.78. The van der Waals surface area contributed by atoms with Crippen LogP contribution < -0.4 is 0 Å². The van der Waals surface area contributed by atoms with Gasteiger partial charge in [0.15, 0.2) is 0 Å². The van der Waals surface area contributed by atoms with Gasteiger partial charge in [-0.2, -0.15) is 0 Å². The van der Waals surface area contributed by atoms with Gasteiger partial charge in [0.05, 0.1) is 24.3 Å². The molecule has 1 N–H and O–H groups in total. The Bertz CT molecular complexity index is 614. The summed E-state index contributed by atoms with van der Waals surface area (Å²) in [6.07, 6.45) is -0.422. The van der Waals surface area contributed by atoms with E-state index in [1.54, 1.807) is 32.8 Å². The SMILES string of the molecule is COC1(C)O[C@@H]2[C@@H](C(C)O)C3(CC3)N(C(=O)OC(C)(C)C)C[C@H]2O[C@]1(C)OC. The molecule has 3 aliphatic rings. The number of methoxy groups -OCH3 is 2. The number of nitrogens with zero attached hydrogens (tertiary/aromatic N) is 1. The number of fused-ring (bicyclic) bond motifs is 1. The number of carbonyl (C=O) groups excluding carboxylic acids is 1. The van der Waals surface area contributed by atoms with Gasteiger partial charge in [-0.3, -0.25) is 4.90 Å². The minimum atomic E-state index is -1.17. The van der Waals surface area contributed by atoms with Gasteiger partial charge in [-0.25, -0.2) is 4.79 Å². The zero-order chi connectivity index (χ0) is 21.1. The van der Waals surface area contributed by atoms with Gasteiger partial charge in [-0.1, -0.05) is 0 Å². The van der Waals surface area contributed by atoms with E-state index in [4.69, 9.17) is 23.7 Å². The molecule has 8 nitrogen and oxygen atoms in total. The molecule has 1 saturated carbocycles. The highest BCUT2D eigenvalue weighted by atomic mass is 16.8. The fourth-order valence-electron chi connectivity index (χ4n) is 4.69. The molecule has 1 spiro atoms. The third kappa shape index (κ3) is 3.33. The molecule has 0 aromatic rings. The second-order valence-corrected chi connectivity index (χ2v) is 9.50. The number of likely N-dealkylation sites (tertiary alicyclic amines) is 1.